The van der Waals surface area contributed by atoms with Gasteiger partial charge in [-0.25, -0.2) is 0 Å². The molecule has 56 valence electrons. The van der Waals surface area contributed by atoms with Gasteiger partial charge < -0.3 is 1.43 Å². The molecular weight excluding hydrogens is 190 g/mol. The van der Waals surface area contributed by atoms with Crippen LogP contribution in [0.2, 0.25) is 0 Å². The molecule has 3 N–H and O–H groups in total. The molecule has 1 aromatic carbocycles. The van der Waals surface area contributed by atoms with Crippen LogP contribution >= 0.6 is 7.94 Å². The van der Waals surface area contributed by atoms with Gasteiger partial charge in [0.1, 0.15) is 0 Å². The molecule has 1 aromatic rings. The second-order valence-corrected chi connectivity index (χ2v) is 3.56. The summed E-state index contributed by atoms with van der Waals surface area (Å²) in [6, 6.07) is 7.93. The standard InChI is InChI=1S/C6H8O3P.K.H/c7-10(8,9)6-4-2-1-3-5-6;;/h1-5,7-9H;;/q2*+1;-1. The summed E-state index contributed by atoms with van der Waals surface area (Å²) in [5, 5.41) is 0.176. The van der Waals surface area contributed by atoms with Crippen LogP contribution < -0.4 is 56.7 Å². The molecule has 11 heavy (non-hydrogen) atoms. The molecular formula is C6H9KO3P+. The van der Waals surface area contributed by atoms with E-state index < -0.39 is 7.94 Å². The van der Waals surface area contributed by atoms with Crippen molar-refractivity contribution >= 4 is 13.2 Å². The van der Waals surface area contributed by atoms with E-state index in [9.17, 15) is 0 Å². The Balaban J connectivity index is 0. The first-order chi connectivity index (χ1) is 4.61. The average molecular weight is 199 g/mol. The topological polar surface area (TPSA) is 60.7 Å². The SMILES string of the molecule is O[P+](O)(O)c1ccccc1.[H-].[K+]. The number of rotatable bonds is 1. The molecule has 3 nitrogen and oxygen atoms in total. The van der Waals surface area contributed by atoms with Crippen molar-refractivity contribution in [3.05, 3.63) is 30.3 Å². The van der Waals surface area contributed by atoms with E-state index in [-0.39, 0.29) is 58.1 Å². The van der Waals surface area contributed by atoms with E-state index in [1.54, 1.807) is 18.2 Å². The van der Waals surface area contributed by atoms with Crippen LogP contribution in [-0.4, -0.2) is 14.7 Å². The number of hydrogen-bond acceptors (Lipinski definition) is 3. The summed E-state index contributed by atoms with van der Waals surface area (Å²) in [7, 11) is -3.77. The molecule has 0 fully saturated rings. The maximum absolute atomic E-state index is 8.71. The van der Waals surface area contributed by atoms with Crippen LogP contribution in [0, 0.1) is 0 Å². The monoisotopic (exact) mass is 199 g/mol. The first-order valence-corrected chi connectivity index (χ1v) is 4.38. The van der Waals surface area contributed by atoms with Gasteiger partial charge in [0.2, 0.25) is 0 Å². The van der Waals surface area contributed by atoms with Crippen molar-refractivity contribution in [3.8, 4) is 0 Å². The largest absolute Gasteiger partial charge is 1.00 e. The molecule has 0 radical (unpaired) electrons. The molecule has 0 amide bonds. The second-order valence-electron chi connectivity index (χ2n) is 1.90. The van der Waals surface area contributed by atoms with Gasteiger partial charge in [0.05, 0.1) is 0 Å². The van der Waals surface area contributed by atoms with Crippen LogP contribution in [0.3, 0.4) is 0 Å². The Morgan fingerprint density at radius 1 is 1.00 bits per heavy atom. The zero-order chi connectivity index (χ0) is 7.61. The van der Waals surface area contributed by atoms with Gasteiger partial charge in [0.15, 0.2) is 5.30 Å². The summed E-state index contributed by atoms with van der Waals surface area (Å²) >= 11 is 0. The van der Waals surface area contributed by atoms with Gasteiger partial charge in [0.25, 0.3) is 0 Å². The van der Waals surface area contributed by atoms with Crippen LogP contribution in [0.1, 0.15) is 1.43 Å². The van der Waals surface area contributed by atoms with Crippen molar-refractivity contribution in [2.75, 3.05) is 0 Å². The Morgan fingerprint density at radius 3 is 1.73 bits per heavy atom. The molecule has 0 aliphatic heterocycles. The fourth-order valence-electron chi connectivity index (χ4n) is 0.628. The maximum Gasteiger partial charge on any atom is 1.00 e. The van der Waals surface area contributed by atoms with Crippen LogP contribution in [0.5, 0.6) is 0 Å². The molecule has 0 heterocycles. The third kappa shape index (κ3) is 4.08. The molecule has 0 aromatic heterocycles. The van der Waals surface area contributed by atoms with Crippen LogP contribution in [0.4, 0.5) is 0 Å². The Bertz CT molecular complexity index is 214. The van der Waals surface area contributed by atoms with Crippen LogP contribution in [0.15, 0.2) is 30.3 Å². The van der Waals surface area contributed by atoms with Crippen molar-refractivity contribution < 1.29 is 67.5 Å². The minimum Gasteiger partial charge on any atom is -1.00 e. The van der Waals surface area contributed by atoms with Crippen molar-refractivity contribution in [1.82, 2.24) is 0 Å². The summed E-state index contributed by atoms with van der Waals surface area (Å²) in [6.07, 6.45) is 0. The molecule has 0 aliphatic rings. The Kier molecular flexibility index (Phi) is 5.55. The van der Waals surface area contributed by atoms with E-state index in [1.165, 1.54) is 12.1 Å². The summed E-state index contributed by atoms with van der Waals surface area (Å²) in [5.41, 5.74) is 0. The third-order valence-electron chi connectivity index (χ3n) is 1.10. The predicted octanol–water partition coefficient (Wildman–Crippen LogP) is -2.83. The molecule has 1 rings (SSSR count). The van der Waals surface area contributed by atoms with E-state index in [2.05, 4.69) is 0 Å². The summed E-state index contributed by atoms with van der Waals surface area (Å²) in [6.45, 7) is 0. The van der Waals surface area contributed by atoms with E-state index in [4.69, 9.17) is 14.7 Å². The van der Waals surface area contributed by atoms with Crippen molar-refractivity contribution in [2.24, 2.45) is 0 Å². The van der Waals surface area contributed by atoms with Gasteiger partial charge in [-0.1, -0.05) is 18.2 Å². The zero-order valence-electron chi connectivity index (χ0n) is 7.18. The van der Waals surface area contributed by atoms with Gasteiger partial charge in [-0.2, -0.15) is 14.7 Å². The smallest absolute Gasteiger partial charge is 1.00 e. The minimum absolute atomic E-state index is 0. The van der Waals surface area contributed by atoms with E-state index in [1.807, 2.05) is 0 Å². The van der Waals surface area contributed by atoms with Crippen LogP contribution in [-0.2, 0) is 0 Å². The molecule has 5 heteroatoms. The second kappa shape index (κ2) is 5.02. The van der Waals surface area contributed by atoms with E-state index in [0.717, 1.165) is 0 Å². The Morgan fingerprint density at radius 2 is 1.45 bits per heavy atom. The summed E-state index contributed by atoms with van der Waals surface area (Å²) in [5.74, 6) is 0. The third-order valence-corrected chi connectivity index (χ3v) is 2.09. The van der Waals surface area contributed by atoms with Crippen molar-refractivity contribution in [1.29, 1.82) is 0 Å². The molecule has 0 spiro atoms. The zero-order valence-corrected chi connectivity index (χ0v) is 10.2. The molecule has 0 atom stereocenters. The quantitative estimate of drug-likeness (QED) is 0.337. The van der Waals surface area contributed by atoms with Crippen LogP contribution in [0.25, 0.3) is 0 Å². The summed E-state index contributed by atoms with van der Waals surface area (Å²) in [4.78, 5) is 26.1. The van der Waals surface area contributed by atoms with Gasteiger partial charge >= 0.3 is 59.3 Å². The Labute approximate surface area is 110 Å². The normalized spacial score (nSPS) is 10.5. The van der Waals surface area contributed by atoms with E-state index in [0.29, 0.717) is 0 Å². The fourth-order valence-corrected chi connectivity index (χ4v) is 1.20. The fraction of sp³-hybridized carbons (Fsp3) is 0. The predicted molar refractivity (Wildman–Crippen MR) is 40.8 cm³/mol. The van der Waals surface area contributed by atoms with Gasteiger partial charge in [-0.3, -0.25) is 0 Å². The van der Waals surface area contributed by atoms with Gasteiger partial charge in [-0.05, 0) is 12.1 Å². The van der Waals surface area contributed by atoms with Gasteiger partial charge in [-0.15, -0.1) is 0 Å². The maximum atomic E-state index is 8.71. The Hall–Kier alpha value is 1.17. The molecule has 0 saturated heterocycles. The van der Waals surface area contributed by atoms with E-state index >= 15 is 0 Å². The van der Waals surface area contributed by atoms with Gasteiger partial charge in [0, 0.05) is 0 Å². The molecule has 0 aliphatic carbocycles. The van der Waals surface area contributed by atoms with Crippen molar-refractivity contribution in [3.63, 3.8) is 0 Å². The minimum atomic E-state index is -3.77. The average Bonchev–Trinajstić information content (AvgIpc) is 1.88. The first-order valence-electron chi connectivity index (χ1n) is 2.73. The molecule has 0 saturated carbocycles. The number of benzene rings is 1. The molecule has 0 unspecified atom stereocenters. The first kappa shape index (κ1) is 12.2. The number of hydrogen-bond donors (Lipinski definition) is 3. The molecule has 0 bridgehead atoms. The van der Waals surface area contributed by atoms with Crippen molar-refractivity contribution in [2.45, 2.75) is 0 Å². The summed E-state index contributed by atoms with van der Waals surface area (Å²) < 4.78 is 0.